The van der Waals surface area contributed by atoms with Crippen molar-refractivity contribution >= 4 is 23.0 Å². The quantitative estimate of drug-likeness (QED) is 0.632. The molecule has 1 amide bonds. The van der Waals surface area contributed by atoms with E-state index in [9.17, 15) is 19.3 Å². The summed E-state index contributed by atoms with van der Waals surface area (Å²) in [6.45, 7) is 1.82. The van der Waals surface area contributed by atoms with Crippen molar-refractivity contribution in [2.75, 3.05) is 17.2 Å². The first kappa shape index (κ1) is 16.4. The van der Waals surface area contributed by atoms with E-state index in [1.165, 1.54) is 6.07 Å². The largest absolute Gasteiger partial charge is 0.371 e. The van der Waals surface area contributed by atoms with Crippen LogP contribution in [0.2, 0.25) is 0 Å². The fourth-order valence-corrected chi connectivity index (χ4v) is 2.13. The fraction of sp³-hybridized carbons (Fsp3) is 0.188. The van der Waals surface area contributed by atoms with Gasteiger partial charge in [-0.3, -0.25) is 14.9 Å². The van der Waals surface area contributed by atoms with Gasteiger partial charge in [0.2, 0.25) is 5.91 Å². The summed E-state index contributed by atoms with van der Waals surface area (Å²) in [7, 11) is 0. The SMILES string of the molecule is CCc1ccccc1NC(=O)CNc1ccc(F)cc1[N+](=O)[O-]. The Balaban J connectivity index is 2.04. The number of nitrogens with one attached hydrogen (secondary N) is 2. The third-order valence-electron chi connectivity index (χ3n) is 3.27. The number of benzene rings is 2. The number of carbonyl (C=O) groups excluding carboxylic acids is 1. The second kappa shape index (κ2) is 7.35. The van der Waals surface area contributed by atoms with Crippen molar-refractivity contribution in [2.45, 2.75) is 13.3 Å². The summed E-state index contributed by atoms with van der Waals surface area (Å²) in [5, 5.41) is 16.3. The van der Waals surface area contributed by atoms with Crippen molar-refractivity contribution < 1.29 is 14.1 Å². The van der Waals surface area contributed by atoms with Gasteiger partial charge in [0.15, 0.2) is 0 Å². The van der Waals surface area contributed by atoms with E-state index >= 15 is 0 Å². The van der Waals surface area contributed by atoms with Crippen molar-refractivity contribution in [3.63, 3.8) is 0 Å². The Bertz CT molecular complexity index is 734. The van der Waals surface area contributed by atoms with Crippen LogP contribution in [0.4, 0.5) is 21.5 Å². The molecule has 0 heterocycles. The van der Waals surface area contributed by atoms with Crippen LogP contribution in [0.5, 0.6) is 0 Å². The summed E-state index contributed by atoms with van der Waals surface area (Å²) < 4.78 is 13.1. The Hall–Kier alpha value is -2.96. The highest BCUT2D eigenvalue weighted by Gasteiger charge is 2.15. The molecule has 0 aliphatic heterocycles. The number of nitro benzene ring substituents is 1. The van der Waals surface area contributed by atoms with Crippen LogP contribution in [0.3, 0.4) is 0 Å². The predicted octanol–water partition coefficient (Wildman–Crippen LogP) is 3.35. The molecule has 0 aromatic heterocycles. The highest BCUT2D eigenvalue weighted by molar-refractivity contribution is 5.94. The lowest BCUT2D eigenvalue weighted by atomic mass is 10.1. The topological polar surface area (TPSA) is 84.3 Å². The standard InChI is InChI=1S/C16H16FN3O3/c1-2-11-5-3-4-6-13(11)19-16(21)10-18-14-8-7-12(17)9-15(14)20(22)23/h3-9,18H,2,10H2,1H3,(H,19,21). The molecule has 0 bridgehead atoms. The van der Waals surface area contributed by atoms with E-state index in [1.54, 1.807) is 6.07 Å². The molecule has 0 aliphatic carbocycles. The average Bonchev–Trinajstić information content (AvgIpc) is 2.54. The number of nitro groups is 1. The highest BCUT2D eigenvalue weighted by Crippen LogP contribution is 2.24. The normalized spacial score (nSPS) is 10.2. The van der Waals surface area contributed by atoms with Crippen molar-refractivity contribution in [1.29, 1.82) is 0 Å². The lowest BCUT2D eigenvalue weighted by molar-refractivity contribution is -0.384. The van der Waals surface area contributed by atoms with Crippen LogP contribution >= 0.6 is 0 Å². The molecule has 120 valence electrons. The Kier molecular flexibility index (Phi) is 5.24. The fourth-order valence-electron chi connectivity index (χ4n) is 2.13. The maximum atomic E-state index is 13.1. The molecular formula is C16H16FN3O3. The molecule has 7 heteroatoms. The molecule has 2 N–H and O–H groups in total. The smallest absolute Gasteiger partial charge is 0.295 e. The summed E-state index contributed by atoms with van der Waals surface area (Å²) in [5.74, 6) is -1.05. The number of anilines is 2. The van der Waals surface area contributed by atoms with E-state index in [4.69, 9.17) is 0 Å². The molecule has 0 radical (unpaired) electrons. The van der Waals surface area contributed by atoms with E-state index in [2.05, 4.69) is 10.6 Å². The predicted molar refractivity (Wildman–Crippen MR) is 86.0 cm³/mol. The van der Waals surface area contributed by atoms with Crippen molar-refractivity contribution in [3.8, 4) is 0 Å². The van der Waals surface area contributed by atoms with E-state index < -0.39 is 16.4 Å². The monoisotopic (exact) mass is 317 g/mol. The van der Waals surface area contributed by atoms with E-state index in [-0.39, 0.29) is 18.1 Å². The van der Waals surface area contributed by atoms with Gasteiger partial charge in [0, 0.05) is 5.69 Å². The lowest BCUT2D eigenvalue weighted by Crippen LogP contribution is -2.22. The van der Waals surface area contributed by atoms with E-state index in [0.29, 0.717) is 5.69 Å². The van der Waals surface area contributed by atoms with E-state index in [0.717, 1.165) is 24.1 Å². The summed E-state index contributed by atoms with van der Waals surface area (Å²) in [6.07, 6.45) is 0.771. The number of halogens is 1. The van der Waals surface area contributed by atoms with Gasteiger partial charge in [-0.2, -0.15) is 0 Å². The van der Waals surface area contributed by atoms with Gasteiger partial charge in [-0.1, -0.05) is 25.1 Å². The third kappa shape index (κ3) is 4.26. The van der Waals surface area contributed by atoms with Gasteiger partial charge in [-0.25, -0.2) is 4.39 Å². The van der Waals surface area contributed by atoms with Crippen LogP contribution in [-0.2, 0) is 11.2 Å². The summed E-state index contributed by atoms with van der Waals surface area (Å²) in [5.41, 5.74) is 1.38. The second-order valence-corrected chi connectivity index (χ2v) is 4.83. The third-order valence-corrected chi connectivity index (χ3v) is 3.27. The molecule has 2 aromatic rings. The zero-order chi connectivity index (χ0) is 16.8. The first-order valence-corrected chi connectivity index (χ1v) is 7.07. The molecule has 0 spiro atoms. The van der Waals surface area contributed by atoms with Gasteiger partial charge >= 0.3 is 0 Å². The molecule has 0 saturated heterocycles. The number of nitrogens with zero attached hydrogens (tertiary/aromatic N) is 1. The summed E-state index contributed by atoms with van der Waals surface area (Å²) in [4.78, 5) is 22.2. The average molecular weight is 317 g/mol. The number of para-hydroxylation sites is 1. The number of hydrogen-bond acceptors (Lipinski definition) is 4. The van der Waals surface area contributed by atoms with Crippen molar-refractivity contribution in [3.05, 3.63) is 64.0 Å². The van der Waals surface area contributed by atoms with Gasteiger partial charge in [0.05, 0.1) is 17.5 Å². The van der Waals surface area contributed by atoms with Gasteiger partial charge in [0.25, 0.3) is 5.69 Å². The maximum absolute atomic E-state index is 13.1. The molecule has 2 aromatic carbocycles. The minimum atomic E-state index is -0.705. The molecule has 0 aliphatic rings. The van der Waals surface area contributed by atoms with Crippen molar-refractivity contribution in [2.24, 2.45) is 0 Å². The van der Waals surface area contributed by atoms with Crippen LogP contribution < -0.4 is 10.6 Å². The molecule has 0 unspecified atom stereocenters. The lowest BCUT2D eigenvalue weighted by Gasteiger charge is -2.11. The van der Waals surface area contributed by atoms with Crippen LogP contribution in [0.15, 0.2) is 42.5 Å². The Labute approximate surface area is 132 Å². The minimum absolute atomic E-state index is 0.0929. The summed E-state index contributed by atoms with van der Waals surface area (Å²) >= 11 is 0. The highest BCUT2D eigenvalue weighted by atomic mass is 19.1. The second-order valence-electron chi connectivity index (χ2n) is 4.83. The number of rotatable bonds is 6. The Morgan fingerprint density at radius 2 is 1.96 bits per heavy atom. The first-order chi connectivity index (χ1) is 11.0. The molecule has 0 saturated carbocycles. The Morgan fingerprint density at radius 1 is 1.22 bits per heavy atom. The van der Waals surface area contributed by atoms with Crippen LogP contribution in [0.1, 0.15) is 12.5 Å². The molecule has 23 heavy (non-hydrogen) atoms. The number of hydrogen-bond donors (Lipinski definition) is 2. The van der Waals surface area contributed by atoms with Gasteiger partial charge < -0.3 is 10.6 Å². The van der Waals surface area contributed by atoms with Crippen molar-refractivity contribution in [1.82, 2.24) is 0 Å². The molecule has 0 fully saturated rings. The Morgan fingerprint density at radius 3 is 2.65 bits per heavy atom. The maximum Gasteiger partial charge on any atom is 0.295 e. The van der Waals surface area contributed by atoms with Crippen LogP contribution in [0, 0.1) is 15.9 Å². The molecule has 2 rings (SSSR count). The first-order valence-electron chi connectivity index (χ1n) is 7.07. The molecule has 0 atom stereocenters. The van der Waals surface area contributed by atoms with Crippen LogP contribution in [-0.4, -0.2) is 17.4 Å². The zero-order valence-electron chi connectivity index (χ0n) is 12.5. The zero-order valence-corrected chi connectivity index (χ0v) is 12.5. The van der Waals surface area contributed by atoms with Gasteiger partial charge in [-0.05, 0) is 30.2 Å². The van der Waals surface area contributed by atoms with Crippen LogP contribution in [0.25, 0.3) is 0 Å². The summed E-state index contributed by atoms with van der Waals surface area (Å²) in [6, 6.07) is 10.5. The number of carbonyl (C=O) groups is 1. The van der Waals surface area contributed by atoms with Gasteiger partial charge in [-0.15, -0.1) is 0 Å². The van der Waals surface area contributed by atoms with E-state index in [1.807, 2.05) is 25.1 Å². The number of amides is 1. The number of aryl methyl sites for hydroxylation is 1. The minimum Gasteiger partial charge on any atom is -0.371 e. The van der Waals surface area contributed by atoms with Gasteiger partial charge in [0.1, 0.15) is 11.5 Å². The molecular weight excluding hydrogens is 301 g/mol. The molecule has 6 nitrogen and oxygen atoms in total.